The van der Waals surface area contributed by atoms with Crippen LogP contribution in [0.1, 0.15) is 19.1 Å². The summed E-state index contributed by atoms with van der Waals surface area (Å²) in [6.07, 6.45) is 2.35. The summed E-state index contributed by atoms with van der Waals surface area (Å²) in [7, 11) is 0. The average Bonchev–Trinajstić information content (AvgIpc) is 2.95. The van der Waals surface area contributed by atoms with Crippen molar-refractivity contribution in [2.45, 2.75) is 13.3 Å². The maximum atomic E-state index is 11.6. The van der Waals surface area contributed by atoms with Gasteiger partial charge in [-0.15, -0.1) is 0 Å². The number of nitro groups is 1. The fourth-order valence-electron chi connectivity index (χ4n) is 1.36. The van der Waals surface area contributed by atoms with Crippen LogP contribution < -0.4 is 5.32 Å². The Bertz CT molecular complexity index is 576. The SMILES string of the molecule is CCCN=C1NC(=O)C(=Cc2ccc([N+](=O)[O-])o2)S1. The highest BCUT2D eigenvalue weighted by atomic mass is 32.2. The Morgan fingerprint density at radius 2 is 2.37 bits per heavy atom. The number of aliphatic imine (C=N–C) groups is 1. The first-order valence-corrected chi connectivity index (χ1v) is 6.41. The highest BCUT2D eigenvalue weighted by Gasteiger charge is 2.24. The van der Waals surface area contributed by atoms with Crippen molar-refractivity contribution in [2.24, 2.45) is 4.99 Å². The van der Waals surface area contributed by atoms with E-state index < -0.39 is 4.92 Å². The van der Waals surface area contributed by atoms with Crippen molar-refractivity contribution in [3.05, 3.63) is 32.9 Å². The van der Waals surface area contributed by atoms with Crippen LogP contribution in [0.2, 0.25) is 0 Å². The third kappa shape index (κ3) is 3.22. The van der Waals surface area contributed by atoms with Crippen molar-refractivity contribution in [3.8, 4) is 0 Å². The molecule has 0 aromatic carbocycles. The second-order valence-corrected chi connectivity index (χ2v) is 4.72. The summed E-state index contributed by atoms with van der Waals surface area (Å²) in [6, 6.07) is 2.69. The molecule has 1 aromatic rings. The number of nitrogens with zero attached hydrogens (tertiary/aromatic N) is 2. The first kappa shape index (κ1) is 13.3. The van der Waals surface area contributed by atoms with Crippen molar-refractivity contribution >= 4 is 34.8 Å². The molecule has 0 saturated carbocycles. The molecule has 1 N–H and O–H groups in total. The van der Waals surface area contributed by atoms with Gasteiger partial charge in [0.2, 0.25) is 0 Å². The molecule has 1 fully saturated rings. The van der Waals surface area contributed by atoms with E-state index in [0.717, 1.165) is 6.42 Å². The molecule has 19 heavy (non-hydrogen) atoms. The molecule has 0 spiro atoms. The predicted molar refractivity (Wildman–Crippen MR) is 71.7 cm³/mol. The van der Waals surface area contributed by atoms with Crippen LogP contribution >= 0.6 is 11.8 Å². The van der Waals surface area contributed by atoms with E-state index in [1.807, 2.05) is 6.92 Å². The van der Waals surface area contributed by atoms with Crippen LogP contribution in [-0.4, -0.2) is 22.5 Å². The molecule has 100 valence electrons. The molecule has 1 aliphatic rings. The van der Waals surface area contributed by atoms with Gasteiger partial charge >= 0.3 is 5.88 Å². The third-order valence-corrected chi connectivity index (χ3v) is 3.14. The van der Waals surface area contributed by atoms with Gasteiger partial charge in [-0.1, -0.05) is 6.92 Å². The van der Waals surface area contributed by atoms with Crippen LogP contribution in [-0.2, 0) is 4.79 Å². The first-order chi connectivity index (χ1) is 9.10. The van der Waals surface area contributed by atoms with Gasteiger partial charge in [0.1, 0.15) is 10.7 Å². The Morgan fingerprint density at radius 3 is 3.00 bits per heavy atom. The molecule has 0 aliphatic carbocycles. The number of carbonyl (C=O) groups is 1. The van der Waals surface area contributed by atoms with Gasteiger partial charge < -0.3 is 9.73 Å². The van der Waals surface area contributed by atoms with E-state index in [-0.39, 0.29) is 17.6 Å². The number of hydrogen-bond donors (Lipinski definition) is 1. The fraction of sp³-hybridized carbons (Fsp3) is 0.273. The summed E-state index contributed by atoms with van der Waals surface area (Å²) >= 11 is 1.19. The van der Waals surface area contributed by atoms with Gasteiger partial charge in [0.05, 0.1) is 11.0 Å². The number of carbonyl (C=O) groups excluding carboxylic acids is 1. The molecule has 0 unspecified atom stereocenters. The molecule has 2 rings (SSSR count). The molecule has 0 atom stereocenters. The largest absolute Gasteiger partial charge is 0.433 e. The lowest BCUT2D eigenvalue weighted by Gasteiger charge is -1.91. The lowest BCUT2D eigenvalue weighted by Crippen LogP contribution is -2.19. The van der Waals surface area contributed by atoms with E-state index >= 15 is 0 Å². The summed E-state index contributed by atoms with van der Waals surface area (Å²) in [5.41, 5.74) is 0. The Kier molecular flexibility index (Phi) is 4.00. The van der Waals surface area contributed by atoms with Gasteiger partial charge in [-0.25, -0.2) is 0 Å². The smallest absolute Gasteiger partial charge is 0.401 e. The zero-order valence-electron chi connectivity index (χ0n) is 10.1. The quantitative estimate of drug-likeness (QED) is 0.518. The molecule has 1 saturated heterocycles. The molecule has 1 aliphatic heterocycles. The number of amides is 1. The van der Waals surface area contributed by atoms with Gasteiger partial charge in [0.25, 0.3) is 5.91 Å². The van der Waals surface area contributed by atoms with Gasteiger partial charge in [-0.3, -0.25) is 19.9 Å². The molecule has 7 nitrogen and oxygen atoms in total. The van der Waals surface area contributed by atoms with Crippen molar-refractivity contribution < 1.29 is 14.1 Å². The Balaban J connectivity index is 2.15. The van der Waals surface area contributed by atoms with E-state index in [1.54, 1.807) is 0 Å². The maximum Gasteiger partial charge on any atom is 0.433 e. The van der Waals surface area contributed by atoms with Gasteiger partial charge in [-0.05, 0) is 24.2 Å². The van der Waals surface area contributed by atoms with Crippen LogP contribution in [0, 0.1) is 10.1 Å². The second-order valence-electron chi connectivity index (χ2n) is 3.68. The van der Waals surface area contributed by atoms with Crippen LogP contribution in [0.4, 0.5) is 5.88 Å². The fourth-order valence-corrected chi connectivity index (χ4v) is 2.19. The van der Waals surface area contributed by atoms with Crippen LogP contribution in [0.15, 0.2) is 26.4 Å². The van der Waals surface area contributed by atoms with Crippen LogP contribution in [0.5, 0.6) is 0 Å². The van der Waals surface area contributed by atoms with Crippen molar-refractivity contribution in [1.82, 2.24) is 5.32 Å². The number of hydrogen-bond acceptors (Lipinski definition) is 6. The molecule has 2 heterocycles. The Labute approximate surface area is 112 Å². The third-order valence-electron chi connectivity index (χ3n) is 2.20. The van der Waals surface area contributed by atoms with Crippen molar-refractivity contribution in [1.29, 1.82) is 0 Å². The molecular weight excluding hydrogens is 270 g/mol. The summed E-state index contributed by atoms with van der Waals surface area (Å²) in [5.74, 6) is -0.366. The van der Waals surface area contributed by atoms with E-state index in [1.165, 1.54) is 30.0 Å². The summed E-state index contributed by atoms with van der Waals surface area (Å²) in [6.45, 7) is 2.63. The molecule has 0 bridgehead atoms. The van der Waals surface area contributed by atoms with Crippen LogP contribution in [0.25, 0.3) is 6.08 Å². The number of furan rings is 1. The number of amidine groups is 1. The normalized spacial score (nSPS) is 19.1. The minimum Gasteiger partial charge on any atom is -0.401 e. The summed E-state index contributed by atoms with van der Waals surface area (Å²) < 4.78 is 4.96. The lowest BCUT2D eigenvalue weighted by atomic mass is 10.4. The first-order valence-electron chi connectivity index (χ1n) is 5.59. The molecule has 0 radical (unpaired) electrons. The minimum atomic E-state index is -0.627. The maximum absolute atomic E-state index is 11.6. The number of rotatable bonds is 4. The Hall–Kier alpha value is -2.09. The number of nitrogens with one attached hydrogen (secondary N) is 1. The van der Waals surface area contributed by atoms with Gasteiger partial charge in [0.15, 0.2) is 5.17 Å². The van der Waals surface area contributed by atoms with E-state index in [9.17, 15) is 14.9 Å². The highest BCUT2D eigenvalue weighted by molar-refractivity contribution is 8.18. The summed E-state index contributed by atoms with van der Waals surface area (Å²) in [4.78, 5) is 26.1. The van der Waals surface area contributed by atoms with Gasteiger partial charge in [-0.2, -0.15) is 0 Å². The molecule has 1 amide bonds. The molecule has 1 aromatic heterocycles. The zero-order chi connectivity index (χ0) is 13.8. The monoisotopic (exact) mass is 281 g/mol. The van der Waals surface area contributed by atoms with E-state index in [4.69, 9.17) is 4.42 Å². The Morgan fingerprint density at radius 1 is 1.58 bits per heavy atom. The summed E-state index contributed by atoms with van der Waals surface area (Å²) in [5, 5.41) is 13.6. The molecule has 8 heteroatoms. The average molecular weight is 281 g/mol. The minimum absolute atomic E-state index is 0.265. The standard InChI is InChI=1S/C11H11N3O4S/c1-2-5-12-11-13-10(15)8(19-11)6-7-3-4-9(18-7)14(16)17/h3-4,6H,2,5H2,1H3,(H,12,13,15). The van der Waals surface area contributed by atoms with Gasteiger partial charge in [0, 0.05) is 12.6 Å². The van der Waals surface area contributed by atoms with Crippen molar-refractivity contribution in [3.63, 3.8) is 0 Å². The zero-order valence-corrected chi connectivity index (χ0v) is 10.9. The van der Waals surface area contributed by atoms with E-state index in [2.05, 4.69) is 10.3 Å². The lowest BCUT2D eigenvalue weighted by molar-refractivity contribution is -0.402. The number of thioether (sulfide) groups is 1. The molecular formula is C11H11N3O4S. The van der Waals surface area contributed by atoms with Crippen molar-refractivity contribution in [2.75, 3.05) is 6.54 Å². The highest BCUT2D eigenvalue weighted by Crippen LogP contribution is 2.27. The predicted octanol–water partition coefficient (Wildman–Crippen LogP) is 2.16. The second kappa shape index (κ2) is 5.70. The van der Waals surface area contributed by atoms with E-state index in [0.29, 0.717) is 16.6 Å². The topological polar surface area (TPSA) is 97.7 Å². The van der Waals surface area contributed by atoms with Crippen LogP contribution in [0.3, 0.4) is 0 Å².